The van der Waals surface area contributed by atoms with Crippen LogP contribution in [0.4, 0.5) is 5.00 Å². The van der Waals surface area contributed by atoms with E-state index in [1.165, 1.54) is 30.2 Å². The molecule has 1 aromatic carbocycles. The topological polar surface area (TPSA) is 95.3 Å². The Labute approximate surface area is 223 Å². The summed E-state index contributed by atoms with van der Waals surface area (Å²) in [5.41, 5.74) is 1.49. The number of nitrogens with one attached hydrogen (secondary N) is 1. The van der Waals surface area contributed by atoms with Crippen LogP contribution in [-0.4, -0.2) is 39.5 Å². The number of fused-ring (bicyclic) bond motifs is 1. The van der Waals surface area contributed by atoms with Crippen molar-refractivity contribution >= 4 is 51.6 Å². The number of thioether (sulfide) groups is 1. The molecule has 2 heterocycles. The average Bonchev–Trinajstić information content (AvgIpc) is 3.42. The van der Waals surface area contributed by atoms with Crippen LogP contribution in [0.1, 0.15) is 40.0 Å². The minimum Gasteiger partial charge on any atom is -0.486 e. The van der Waals surface area contributed by atoms with Gasteiger partial charge >= 0.3 is 5.97 Å². The number of ether oxygens (including phenoxy) is 2. The zero-order chi connectivity index (χ0) is 25.7. The molecule has 0 saturated heterocycles. The fourth-order valence-electron chi connectivity index (χ4n) is 3.97. The van der Waals surface area contributed by atoms with Crippen LogP contribution < -0.4 is 10.1 Å². The maximum absolute atomic E-state index is 12.8. The molecule has 0 fully saturated rings. The van der Waals surface area contributed by atoms with E-state index in [4.69, 9.17) is 21.1 Å². The van der Waals surface area contributed by atoms with Crippen LogP contribution in [-0.2, 0) is 35.5 Å². The Morgan fingerprint density at radius 2 is 2.11 bits per heavy atom. The fourth-order valence-corrected chi connectivity index (χ4v) is 6.28. The quantitative estimate of drug-likeness (QED) is 0.207. The first-order chi connectivity index (χ1) is 17.4. The number of aromatic nitrogens is 3. The summed E-state index contributed by atoms with van der Waals surface area (Å²) in [6.07, 6.45) is 4.47. The predicted octanol–water partition coefficient (Wildman–Crippen LogP) is 5.40. The van der Waals surface area contributed by atoms with Crippen molar-refractivity contribution in [2.24, 2.45) is 5.92 Å². The highest BCUT2D eigenvalue weighted by atomic mass is 35.5. The highest BCUT2D eigenvalue weighted by molar-refractivity contribution is 7.99. The van der Waals surface area contributed by atoms with E-state index in [0.717, 1.165) is 29.7 Å². The Kier molecular flexibility index (Phi) is 8.71. The molecule has 1 atom stereocenters. The molecule has 0 bridgehead atoms. The maximum atomic E-state index is 12.8. The van der Waals surface area contributed by atoms with Gasteiger partial charge in [0, 0.05) is 16.4 Å². The van der Waals surface area contributed by atoms with Crippen molar-refractivity contribution in [2.75, 3.05) is 18.2 Å². The zero-order valence-corrected chi connectivity index (χ0v) is 22.5. The normalized spacial score (nSPS) is 14.7. The lowest BCUT2D eigenvalue weighted by atomic mass is 9.88. The number of nitrogens with zero attached hydrogens (tertiary/aromatic N) is 3. The lowest BCUT2D eigenvalue weighted by molar-refractivity contribution is -0.113. The number of esters is 1. The molecule has 8 nitrogen and oxygen atoms in total. The van der Waals surface area contributed by atoms with Gasteiger partial charge in [-0.1, -0.05) is 36.4 Å². The Morgan fingerprint density at radius 1 is 1.33 bits per heavy atom. The van der Waals surface area contributed by atoms with E-state index in [0.29, 0.717) is 44.8 Å². The molecule has 1 unspecified atom stereocenters. The average molecular weight is 547 g/mol. The van der Waals surface area contributed by atoms with Crippen LogP contribution in [0.3, 0.4) is 0 Å². The molecule has 0 aliphatic heterocycles. The molecule has 0 radical (unpaired) electrons. The van der Waals surface area contributed by atoms with Gasteiger partial charge in [-0.25, -0.2) is 4.79 Å². The van der Waals surface area contributed by atoms with E-state index < -0.39 is 5.97 Å². The summed E-state index contributed by atoms with van der Waals surface area (Å²) in [4.78, 5) is 26.5. The number of thiophene rings is 1. The fraction of sp³-hybridized carbons (Fsp3) is 0.360. The largest absolute Gasteiger partial charge is 0.486 e. The van der Waals surface area contributed by atoms with Crippen molar-refractivity contribution in [1.29, 1.82) is 0 Å². The van der Waals surface area contributed by atoms with Crippen molar-refractivity contribution in [3.63, 3.8) is 0 Å². The van der Waals surface area contributed by atoms with Crippen LogP contribution in [0.5, 0.6) is 5.75 Å². The lowest BCUT2D eigenvalue weighted by Gasteiger charge is -2.18. The maximum Gasteiger partial charge on any atom is 0.341 e. The van der Waals surface area contributed by atoms with Crippen molar-refractivity contribution in [3.05, 3.63) is 63.8 Å². The molecule has 4 rings (SSSR count). The van der Waals surface area contributed by atoms with E-state index in [2.05, 4.69) is 29.0 Å². The van der Waals surface area contributed by atoms with Crippen molar-refractivity contribution < 1.29 is 19.1 Å². The molecule has 2 aromatic heterocycles. The highest BCUT2D eigenvalue weighted by Crippen LogP contribution is 2.40. The second-order valence-corrected chi connectivity index (χ2v) is 10.9. The lowest BCUT2D eigenvalue weighted by Crippen LogP contribution is -2.17. The second kappa shape index (κ2) is 11.9. The zero-order valence-electron chi connectivity index (χ0n) is 20.1. The minimum atomic E-state index is -0.416. The third-order valence-electron chi connectivity index (χ3n) is 5.77. The summed E-state index contributed by atoms with van der Waals surface area (Å²) in [5, 5.41) is 13.1. The van der Waals surface area contributed by atoms with Gasteiger partial charge in [-0.2, -0.15) is 0 Å². The number of hydrogen-bond acceptors (Lipinski definition) is 8. The third kappa shape index (κ3) is 6.11. The van der Waals surface area contributed by atoms with Gasteiger partial charge in [-0.15, -0.1) is 28.1 Å². The van der Waals surface area contributed by atoms with Crippen molar-refractivity contribution in [1.82, 2.24) is 14.8 Å². The van der Waals surface area contributed by atoms with Gasteiger partial charge in [0.1, 0.15) is 17.4 Å². The van der Waals surface area contributed by atoms with Crippen LogP contribution in [0.25, 0.3) is 0 Å². The number of carbonyl (C=O) groups excluding carboxylic acids is 2. The van der Waals surface area contributed by atoms with Gasteiger partial charge in [-0.3, -0.25) is 9.36 Å². The molecule has 1 aliphatic carbocycles. The number of halogens is 1. The number of amides is 1. The monoisotopic (exact) mass is 546 g/mol. The summed E-state index contributed by atoms with van der Waals surface area (Å²) in [5.74, 6) is 1.28. The summed E-state index contributed by atoms with van der Waals surface area (Å²) < 4.78 is 12.7. The molecule has 190 valence electrons. The van der Waals surface area contributed by atoms with Crippen molar-refractivity contribution in [3.8, 4) is 5.75 Å². The molecule has 11 heteroatoms. The smallest absolute Gasteiger partial charge is 0.341 e. The molecule has 0 saturated carbocycles. The Hall–Kier alpha value is -2.82. The van der Waals surface area contributed by atoms with Crippen LogP contribution in [0.2, 0.25) is 5.02 Å². The van der Waals surface area contributed by atoms with Gasteiger partial charge < -0.3 is 14.8 Å². The van der Waals surface area contributed by atoms with Gasteiger partial charge in [-0.05, 0) is 55.0 Å². The van der Waals surface area contributed by atoms with E-state index in [1.54, 1.807) is 30.3 Å². The number of allylic oxidation sites excluding steroid dienone is 1. The first kappa shape index (κ1) is 26.2. The molecule has 1 amide bonds. The number of rotatable bonds is 10. The van der Waals surface area contributed by atoms with E-state index in [9.17, 15) is 9.59 Å². The second-order valence-electron chi connectivity index (χ2n) is 8.42. The van der Waals surface area contributed by atoms with Crippen LogP contribution in [0.15, 0.2) is 42.1 Å². The number of methoxy groups -OCH3 is 1. The van der Waals surface area contributed by atoms with Gasteiger partial charge in [0.2, 0.25) is 5.91 Å². The summed E-state index contributed by atoms with van der Waals surface area (Å²) in [6.45, 7) is 6.68. The molecular weight excluding hydrogens is 520 g/mol. The number of hydrogen-bond donors (Lipinski definition) is 1. The van der Waals surface area contributed by atoms with E-state index in [-0.39, 0.29) is 18.3 Å². The summed E-state index contributed by atoms with van der Waals surface area (Å²) >= 11 is 8.65. The molecular formula is C25H27ClN4O4S2. The number of anilines is 1. The molecule has 1 N–H and O–H groups in total. The first-order valence-electron chi connectivity index (χ1n) is 11.5. The van der Waals surface area contributed by atoms with Crippen molar-refractivity contribution in [2.45, 2.75) is 44.5 Å². The van der Waals surface area contributed by atoms with Crippen LogP contribution >= 0.6 is 34.7 Å². The first-order valence-corrected chi connectivity index (χ1v) is 13.6. The number of benzene rings is 1. The third-order valence-corrected chi connectivity index (χ3v) is 8.16. The summed E-state index contributed by atoms with van der Waals surface area (Å²) in [6, 6.07) is 7.06. The van der Waals surface area contributed by atoms with Gasteiger partial charge in [0.05, 0.1) is 18.4 Å². The molecule has 0 spiro atoms. The van der Waals surface area contributed by atoms with Gasteiger partial charge in [0.15, 0.2) is 11.0 Å². The minimum absolute atomic E-state index is 0.104. The molecule has 1 aliphatic rings. The van der Waals surface area contributed by atoms with Gasteiger partial charge in [0.25, 0.3) is 0 Å². The molecule has 36 heavy (non-hydrogen) atoms. The van der Waals surface area contributed by atoms with Crippen LogP contribution in [0, 0.1) is 5.92 Å². The summed E-state index contributed by atoms with van der Waals surface area (Å²) in [7, 11) is 1.36. The SMILES string of the molecule is C=CCn1c(COc2ccc(Cl)cc2)nnc1SCC(=O)Nc1sc2c(c1C(=O)OC)CCC(C)C2. The Morgan fingerprint density at radius 3 is 2.83 bits per heavy atom. The Bertz CT molecular complexity index is 1260. The van der Waals surface area contributed by atoms with E-state index >= 15 is 0 Å². The highest BCUT2D eigenvalue weighted by Gasteiger charge is 2.29. The molecule has 3 aromatic rings. The predicted molar refractivity (Wildman–Crippen MR) is 142 cm³/mol. The standard InChI is InChI=1S/C25H27ClN4O4S2/c1-4-11-30-20(13-34-17-8-6-16(26)7-9-17)28-29-25(30)35-14-21(31)27-23-22(24(32)33-3)18-10-5-15(2)12-19(18)36-23/h4,6-9,15H,1,5,10-14H2,2-3H3,(H,27,31). The number of carbonyl (C=O) groups is 2. The van der Waals surface area contributed by atoms with E-state index in [1.807, 2.05) is 4.57 Å². The Balaban J connectivity index is 1.42.